The van der Waals surface area contributed by atoms with Crippen molar-refractivity contribution in [3.63, 3.8) is 0 Å². The Morgan fingerprint density at radius 1 is 1.31 bits per heavy atom. The molecule has 0 aromatic heterocycles. The zero-order valence-corrected chi connectivity index (χ0v) is 10.3. The molecule has 0 radical (unpaired) electrons. The fourth-order valence-corrected chi connectivity index (χ4v) is 2.14. The molecule has 0 aliphatic rings. The molecule has 0 aromatic rings. The summed E-state index contributed by atoms with van der Waals surface area (Å²) in [5, 5.41) is 19.7. The van der Waals surface area contributed by atoms with Gasteiger partial charge in [0.05, 0.1) is 0 Å². The second-order valence-electron chi connectivity index (χ2n) is 3.42. The first-order valence-electron chi connectivity index (χ1n) is 5.26. The van der Waals surface area contributed by atoms with Crippen LogP contribution < -0.4 is 5.32 Å². The molecule has 0 aliphatic carbocycles. The summed E-state index contributed by atoms with van der Waals surface area (Å²) >= 11 is 1.64. The van der Waals surface area contributed by atoms with Gasteiger partial charge < -0.3 is 15.5 Å². The Labute approximate surface area is 99.6 Å². The average Bonchev–Trinajstić information content (AvgIpc) is 2.20. The molecule has 0 spiro atoms. The van der Waals surface area contributed by atoms with Crippen molar-refractivity contribution in [2.75, 3.05) is 18.1 Å². The highest BCUT2D eigenvalue weighted by Gasteiger charge is 2.17. The van der Waals surface area contributed by atoms with Crippen LogP contribution in [0.3, 0.4) is 0 Å². The highest BCUT2D eigenvalue weighted by Crippen LogP contribution is 2.08. The van der Waals surface area contributed by atoms with Crippen molar-refractivity contribution in [3.8, 4) is 0 Å². The number of hydrogen-bond acceptors (Lipinski definition) is 4. The van der Waals surface area contributed by atoms with Crippen LogP contribution in [0.2, 0.25) is 0 Å². The van der Waals surface area contributed by atoms with Gasteiger partial charge in [0.1, 0.15) is 6.04 Å². The molecular formula is C10H19NO4S. The molecule has 0 saturated carbocycles. The Hall–Kier alpha value is -0.750. The van der Waals surface area contributed by atoms with E-state index in [1.54, 1.807) is 11.8 Å². The molecule has 0 fully saturated rings. The quantitative estimate of drug-likeness (QED) is 0.517. The van der Waals surface area contributed by atoms with E-state index in [1.807, 2.05) is 0 Å². The van der Waals surface area contributed by atoms with Gasteiger partial charge in [-0.15, -0.1) is 0 Å². The van der Waals surface area contributed by atoms with Crippen molar-refractivity contribution in [1.29, 1.82) is 0 Å². The van der Waals surface area contributed by atoms with E-state index >= 15 is 0 Å². The number of carbonyl (C=O) groups excluding carboxylic acids is 1. The van der Waals surface area contributed by atoms with Crippen LogP contribution in [0.4, 0.5) is 0 Å². The molecule has 5 nitrogen and oxygen atoms in total. The van der Waals surface area contributed by atoms with Crippen LogP contribution in [0.1, 0.15) is 26.2 Å². The number of aliphatic hydroxyl groups excluding tert-OH is 1. The van der Waals surface area contributed by atoms with Gasteiger partial charge in [0.2, 0.25) is 5.91 Å². The van der Waals surface area contributed by atoms with E-state index in [0.29, 0.717) is 12.2 Å². The second kappa shape index (κ2) is 9.47. The molecule has 3 N–H and O–H groups in total. The SMILES string of the molecule is CC(=O)NC(CCSCCCCO)C(=O)O. The Morgan fingerprint density at radius 3 is 2.50 bits per heavy atom. The zero-order chi connectivity index (χ0) is 12.4. The summed E-state index contributed by atoms with van der Waals surface area (Å²) in [5.74, 6) is 0.291. The van der Waals surface area contributed by atoms with Crippen molar-refractivity contribution in [2.45, 2.75) is 32.2 Å². The van der Waals surface area contributed by atoms with Crippen molar-refractivity contribution < 1.29 is 19.8 Å². The summed E-state index contributed by atoms with van der Waals surface area (Å²) in [5.41, 5.74) is 0. The summed E-state index contributed by atoms with van der Waals surface area (Å²) in [6.45, 7) is 1.51. The van der Waals surface area contributed by atoms with Crippen LogP contribution in [0.25, 0.3) is 0 Å². The van der Waals surface area contributed by atoms with Gasteiger partial charge >= 0.3 is 5.97 Å². The first kappa shape index (κ1) is 15.2. The van der Waals surface area contributed by atoms with E-state index < -0.39 is 12.0 Å². The lowest BCUT2D eigenvalue weighted by Gasteiger charge is -2.12. The number of hydrogen-bond donors (Lipinski definition) is 3. The monoisotopic (exact) mass is 249 g/mol. The standard InChI is InChI=1S/C10H19NO4S/c1-8(13)11-9(10(14)15)4-7-16-6-3-2-5-12/h9,12H,2-7H2,1H3,(H,11,13)(H,14,15). The number of aliphatic carboxylic acids is 1. The van der Waals surface area contributed by atoms with E-state index in [4.69, 9.17) is 10.2 Å². The van der Waals surface area contributed by atoms with E-state index in [2.05, 4.69) is 5.32 Å². The molecule has 0 rings (SSSR count). The van der Waals surface area contributed by atoms with Crippen molar-refractivity contribution >= 4 is 23.6 Å². The highest BCUT2D eigenvalue weighted by atomic mass is 32.2. The molecular weight excluding hydrogens is 230 g/mol. The molecule has 94 valence electrons. The van der Waals surface area contributed by atoms with E-state index in [0.717, 1.165) is 18.6 Å². The third-order valence-corrected chi connectivity index (χ3v) is 3.02. The van der Waals surface area contributed by atoms with Gasteiger partial charge in [-0.25, -0.2) is 4.79 Å². The van der Waals surface area contributed by atoms with Crippen molar-refractivity contribution in [1.82, 2.24) is 5.32 Å². The summed E-state index contributed by atoms with van der Waals surface area (Å²) in [6.07, 6.45) is 2.14. The number of carbonyl (C=O) groups is 2. The van der Waals surface area contributed by atoms with Crippen LogP contribution in [-0.2, 0) is 9.59 Å². The second-order valence-corrected chi connectivity index (χ2v) is 4.65. The predicted octanol–water partition coefficient (Wildman–Crippen LogP) is 0.471. The number of aliphatic hydroxyl groups is 1. The minimum atomic E-state index is -0.994. The van der Waals surface area contributed by atoms with Gasteiger partial charge in [-0.2, -0.15) is 11.8 Å². The van der Waals surface area contributed by atoms with Crippen LogP contribution in [0.5, 0.6) is 0 Å². The Kier molecular flexibility index (Phi) is 9.03. The summed E-state index contributed by atoms with van der Waals surface area (Å²) in [4.78, 5) is 21.5. The largest absolute Gasteiger partial charge is 0.480 e. The number of rotatable bonds is 9. The third-order valence-electron chi connectivity index (χ3n) is 1.92. The lowest BCUT2D eigenvalue weighted by Crippen LogP contribution is -2.39. The lowest BCUT2D eigenvalue weighted by atomic mass is 10.2. The summed E-state index contributed by atoms with van der Waals surface area (Å²) in [6, 6.07) is -0.789. The van der Waals surface area contributed by atoms with E-state index in [9.17, 15) is 9.59 Å². The van der Waals surface area contributed by atoms with Gasteiger partial charge in [0, 0.05) is 13.5 Å². The Morgan fingerprint density at radius 2 is 2.00 bits per heavy atom. The predicted molar refractivity (Wildman–Crippen MR) is 63.5 cm³/mol. The van der Waals surface area contributed by atoms with Gasteiger partial charge in [0.25, 0.3) is 0 Å². The topological polar surface area (TPSA) is 86.6 Å². The van der Waals surface area contributed by atoms with Crippen LogP contribution >= 0.6 is 11.8 Å². The molecule has 1 unspecified atom stereocenters. The summed E-state index contributed by atoms with van der Waals surface area (Å²) in [7, 11) is 0. The van der Waals surface area contributed by atoms with Crippen LogP contribution in [0.15, 0.2) is 0 Å². The smallest absolute Gasteiger partial charge is 0.326 e. The van der Waals surface area contributed by atoms with Gasteiger partial charge in [0.15, 0.2) is 0 Å². The number of amides is 1. The summed E-state index contributed by atoms with van der Waals surface area (Å²) < 4.78 is 0. The maximum Gasteiger partial charge on any atom is 0.326 e. The number of carboxylic acid groups (broad SMARTS) is 1. The molecule has 0 aliphatic heterocycles. The van der Waals surface area contributed by atoms with Crippen molar-refractivity contribution in [2.24, 2.45) is 0 Å². The normalized spacial score (nSPS) is 12.1. The molecule has 16 heavy (non-hydrogen) atoms. The number of unbranched alkanes of at least 4 members (excludes halogenated alkanes) is 1. The number of nitrogens with one attached hydrogen (secondary N) is 1. The number of carboxylic acids is 1. The minimum Gasteiger partial charge on any atom is -0.480 e. The molecule has 0 aromatic carbocycles. The van der Waals surface area contributed by atoms with Crippen molar-refractivity contribution in [3.05, 3.63) is 0 Å². The fourth-order valence-electron chi connectivity index (χ4n) is 1.12. The highest BCUT2D eigenvalue weighted by molar-refractivity contribution is 7.99. The first-order valence-corrected chi connectivity index (χ1v) is 6.42. The van der Waals surface area contributed by atoms with Gasteiger partial charge in [-0.3, -0.25) is 4.79 Å². The Bertz CT molecular complexity index is 223. The molecule has 6 heteroatoms. The van der Waals surface area contributed by atoms with E-state index in [-0.39, 0.29) is 12.5 Å². The Balaban J connectivity index is 3.60. The van der Waals surface area contributed by atoms with Crippen LogP contribution in [-0.4, -0.2) is 46.2 Å². The fraction of sp³-hybridized carbons (Fsp3) is 0.800. The molecule has 0 heterocycles. The average molecular weight is 249 g/mol. The van der Waals surface area contributed by atoms with Gasteiger partial charge in [-0.1, -0.05) is 0 Å². The third kappa shape index (κ3) is 8.55. The van der Waals surface area contributed by atoms with E-state index in [1.165, 1.54) is 6.92 Å². The molecule has 0 saturated heterocycles. The lowest BCUT2D eigenvalue weighted by molar-refractivity contribution is -0.141. The zero-order valence-electron chi connectivity index (χ0n) is 9.44. The van der Waals surface area contributed by atoms with Crippen LogP contribution in [0, 0.1) is 0 Å². The number of thioether (sulfide) groups is 1. The van der Waals surface area contributed by atoms with Gasteiger partial charge in [-0.05, 0) is 30.8 Å². The first-order chi connectivity index (χ1) is 7.57. The maximum absolute atomic E-state index is 10.7. The molecule has 1 amide bonds. The molecule has 0 bridgehead atoms. The minimum absolute atomic E-state index is 0.199. The molecule has 1 atom stereocenters. The maximum atomic E-state index is 10.7.